The van der Waals surface area contributed by atoms with Crippen LogP contribution in [0.3, 0.4) is 0 Å². The summed E-state index contributed by atoms with van der Waals surface area (Å²) < 4.78 is 0. The normalized spacial score (nSPS) is 17.1. The average molecular weight is 233 g/mol. The molecule has 3 heteroatoms. The average Bonchev–Trinajstić information content (AvgIpc) is 3.14. The minimum atomic E-state index is -0.712. The maximum absolute atomic E-state index is 10.7. The van der Waals surface area contributed by atoms with Crippen molar-refractivity contribution in [3.05, 3.63) is 35.9 Å². The molecule has 1 aromatic carbocycles. The molecule has 1 aromatic rings. The smallest absolute Gasteiger partial charge is 0.304 e. The van der Waals surface area contributed by atoms with Gasteiger partial charge in [-0.3, -0.25) is 9.69 Å². The zero-order valence-corrected chi connectivity index (χ0v) is 10.2. The van der Waals surface area contributed by atoms with Crippen molar-refractivity contribution in [3.63, 3.8) is 0 Å². The Labute approximate surface area is 102 Å². The van der Waals surface area contributed by atoms with Crippen molar-refractivity contribution in [3.8, 4) is 0 Å². The van der Waals surface area contributed by atoms with Gasteiger partial charge in [-0.15, -0.1) is 0 Å². The molecule has 0 spiro atoms. The first-order valence-corrected chi connectivity index (χ1v) is 6.21. The molecular formula is C14H19NO2. The van der Waals surface area contributed by atoms with Crippen molar-refractivity contribution >= 4 is 5.97 Å². The van der Waals surface area contributed by atoms with Gasteiger partial charge < -0.3 is 5.11 Å². The van der Waals surface area contributed by atoms with Crippen LogP contribution in [0, 0.1) is 0 Å². The van der Waals surface area contributed by atoms with E-state index in [-0.39, 0.29) is 6.42 Å². The summed E-state index contributed by atoms with van der Waals surface area (Å²) in [7, 11) is 0. The molecule has 1 saturated carbocycles. The number of hydrogen-bond donors (Lipinski definition) is 1. The van der Waals surface area contributed by atoms with Gasteiger partial charge in [0.2, 0.25) is 0 Å². The van der Waals surface area contributed by atoms with E-state index in [4.69, 9.17) is 5.11 Å². The van der Waals surface area contributed by atoms with E-state index in [1.54, 1.807) is 0 Å². The molecule has 0 radical (unpaired) electrons. The zero-order chi connectivity index (χ0) is 12.3. The summed E-state index contributed by atoms with van der Waals surface area (Å²) in [6.45, 7) is 2.81. The van der Waals surface area contributed by atoms with Crippen LogP contribution in [0.25, 0.3) is 0 Å². The number of carboxylic acids is 1. The topological polar surface area (TPSA) is 40.5 Å². The van der Waals surface area contributed by atoms with Crippen molar-refractivity contribution in [2.75, 3.05) is 6.54 Å². The van der Waals surface area contributed by atoms with E-state index >= 15 is 0 Å². The molecule has 1 atom stereocenters. The number of rotatable bonds is 6. The van der Waals surface area contributed by atoms with E-state index in [0.717, 1.165) is 0 Å². The molecule has 0 aliphatic heterocycles. The van der Waals surface area contributed by atoms with Gasteiger partial charge in [0.05, 0.1) is 6.42 Å². The Balaban J connectivity index is 2.02. The second-order valence-corrected chi connectivity index (χ2v) is 4.70. The molecule has 92 valence electrons. The summed E-state index contributed by atoms with van der Waals surface area (Å²) in [5.41, 5.74) is 1.27. The fourth-order valence-corrected chi connectivity index (χ4v) is 2.25. The monoisotopic (exact) mass is 233 g/mol. The summed E-state index contributed by atoms with van der Waals surface area (Å²) in [5, 5.41) is 8.79. The van der Waals surface area contributed by atoms with Gasteiger partial charge in [0.25, 0.3) is 0 Å². The molecule has 0 bridgehead atoms. The van der Waals surface area contributed by atoms with Crippen LogP contribution in [0.5, 0.6) is 0 Å². The number of carbonyl (C=O) groups is 1. The Kier molecular flexibility index (Phi) is 3.79. The highest BCUT2D eigenvalue weighted by molar-refractivity contribution is 5.66. The summed E-state index contributed by atoms with van der Waals surface area (Å²) >= 11 is 0. The van der Waals surface area contributed by atoms with E-state index in [1.807, 2.05) is 18.2 Å². The minimum Gasteiger partial charge on any atom is -0.481 e. The first-order chi connectivity index (χ1) is 8.18. The number of carboxylic acid groups (broad SMARTS) is 1. The van der Waals surface area contributed by atoms with Crippen LogP contribution in [0.2, 0.25) is 0 Å². The van der Waals surface area contributed by atoms with E-state index in [1.165, 1.54) is 18.4 Å². The van der Waals surface area contributed by atoms with Gasteiger partial charge in [-0.2, -0.15) is 0 Å². The first kappa shape index (κ1) is 12.1. The summed E-state index contributed by atoms with van der Waals surface area (Å²) in [5.74, 6) is -0.712. The van der Waals surface area contributed by atoms with Gasteiger partial charge in [0, 0.05) is 18.6 Å². The maximum atomic E-state index is 10.7. The molecule has 1 unspecified atom stereocenters. The Morgan fingerprint density at radius 3 is 2.59 bits per heavy atom. The number of hydrogen-bond acceptors (Lipinski definition) is 2. The lowest BCUT2D eigenvalue weighted by molar-refractivity contribution is -0.137. The highest BCUT2D eigenvalue weighted by Crippen LogP contribution is 2.34. The van der Waals surface area contributed by atoms with E-state index in [2.05, 4.69) is 24.0 Å². The SMILES string of the molecule is CC(c1ccccc1)N(CCC(=O)O)C1CC1. The summed E-state index contributed by atoms with van der Waals surface area (Å²) in [4.78, 5) is 13.0. The third-order valence-electron chi connectivity index (χ3n) is 3.38. The number of benzene rings is 1. The van der Waals surface area contributed by atoms with Crippen LogP contribution in [-0.4, -0.2) is 28.6 Å². The summed E-state index contributed by atoms with van der Waals surface area (Å²) in [6, 6.07) is 11.2. The van der Waals surface area contributed by atoms with E-state index < -0.39 is 5.97 Å². The van der Waals surface area contributed by atoms with Crippen LogP contribution in [0.1, 0.15) is 37.8 Å². The molecule has 3 nitrogen and oxygen atoms in total. The lowest BCUT2D eigenvalue weighted by atomic mass is 10.1. The molecule has 0 aromatic heterocycles. The van der Waals surface area contributed by atoms with E-state index in [9.17, 15) is 4.79 Å². The third kappa shape index (κ3) is 3.30. The molecule has 1 aliphatic rings. The van der Waals surface area contributed by atoms with Gasteiger partial charge in [0.15, 0.2) is 0 Å². The zero-order valence-electron chi connectivity index (χ0n) is 10.2. The lowest BCUT2D eigenvalue weighted by Crippen LogP contribution is -2.31. The van der Waals surface area contributed by atoms with Crippen LogP contribution in [0.15, 0.2) is 30.3 Å². The predicted octanol–water partition coefficient (Wildman–Crippen LogP) is 2.69. The Morgan fingerprint density at radius 2 is 2.06 bits per heavy atom. The van der Waals surface area contributed by atoms with Gasteiger partial charge in [-0.05, 0) is 25.3 Å². The molecule has 0 saturated heterocycles. The van der Waals surface area contributed by atoms with Crippen molar-refractivity contribution in [2.45, 2.75) is 38.3 Å². The first-order valence-electron chi connectivity index (χ1n) is 6.21. The molecule has 2 rings (SSSR count). The Bertz CT molecular complexity index is 373. The third-order valence-corrected chi connectivity index (χ3v) is 3.38. The fourth-order valence-electron chi connectivity index (χ4n) is 2.25. The van der Waals surface area contributed by atoms with Gasteiger partial charge in [0.1, 0.15) is 0 Å². The van der Waals surface area contributed by atoms with Crippen molar-refractivity contribution in [1.29, 1.82) is 0 Å². The fraction of sp³-hybridized carbons (Fsp3) is 0.500. The highest BCUT2D eigenvalue weighted by Gasteiger charge is 2.32. The van der Waals surface area contributed by atoms with Crippen LogP contribution in [-0.2, 0) is 4.79 Å². The van der Waals surface area contributed by atoms with Gasteiger partial charge in [-0.1, -0.05) is 30.3 Å². The molecule has 1 N–H and O–H groups in total. The highest BCUT2D eigenvalue weighted by atomic mass is 16.4. The standard InChI is InChI=1S/C14H19NO2/c1-11(12-5-3-2-4-6-12)15(13-7-8-13)10-9-14(16)17/h2-6,11,13H,7-10H2,1H3,(H,16,17). The largest absolute Gasteiger partial charge is 0.481 e. The predicted molar refractivity (Wildman–Crippen MR) is 66.8 cm³/mol. The lowest BCUT2D eigenvalue weighted by Gasteiger charge is -2.29. The number of nitrogens with zero attached hydrogens (tertiary/aromatic N) is 1. The van der Waals surface area contributed by atoms with Crippen LogP contribution < -0.4 is 0 Å². The van der Waals surface area contributed by atoms with Gasteiger partial charge >= 0.3 is 5.97 Å². The minimum absolute atomic E-state index is 0.230. The Morgan fingerprint density at radius 1 is 1.41 bits per heavy atom. The number of aliphatic carboxylic acids is 1. The second kappa shape index (κ2) is 5.32. The molecule has 17 heavy (non-hydrogen) atoms. The Hall–Kier alpha value is -1.35. The molecule has 0 heterocycles. The molecular weight excluding hydrogens is 214 g/mol. The quantitative estimate of drug-likeness (QED) is 0.821. The molecule has 1 aliphatic carbocycles. The molecule has 0 amide bonds. The van der Waals surface area contributed by atoms with Crippen molar-refractivity contribution in [2.24, 2.45) is 0 Å². The van der Waals surface area contributed by atoms with Crippen molar-refractivity contribution in [1.82, 2.24) is 4.90 Å². The van der Waals surface area contributed by atoms with Gasteiger partial charge in [-0.25, -0.2) is 0 Å². The summed E-state index contributed by atoms with van der Waals surface area (Å²) in [6.07, 6.45) is 2.64. The maximum Gasteiger partial charge on any atom is 0.304 e. The van der Waals surface area contributed by atoms with Crippen LogP contribution >= 0.6 is 0 Å². The van der Waals surface area contributed by atoms with E-state index in [0.29, 0.717) is 18.6 Å². The molecule has 1 fully saturated rings. The second-order valence-electron chi connectivity index (χ2n) is 4.70. The van der Waals surface area contributed by atoms with Crippen molar-refractivity contribution < 1.29 is 9.90 Å². The van der Waals surface area contributed by atoms with Crippen LogP contribution in [0.4, 0.5) is 0 Å².